The maximum atomic E-state index is 12.2. The van der Waals surface area contributed by atoms with Gasteiger partial charge in [-0.1, -0.05) is 48.5 Å². The molecule has 2 fully saturated rings. The molecule has 0 radical (unpaired) electrons. The second kappa shape index (κ2) is 11.0. The third-order valence-electron chi connectivity index (χ3n) is 5.76. The maximum Gasteiger partial charge on any atom is 0.243 e. The third-order valence-corrected chi connectivity index (χ3v) is 7.67. The highest BCUT2D eigenvalue weighted by Crippen LogP contribution is 2.19. The van der Waals surface area contributed by atoms with Crippen LogP contribution in [0.5, 0.6) is 0 Å². The van der Waals surface area contributed by atoms with E-state index < -0.39 is 10.0 Å². The minimum Gasteiger partial charge on any atom is -0.328 e. The molecule has 0 bridgehead atoms. The van der Waals surface area contributed by atoms with Gasteiger partial charge in [-0.2, -0.15) is 4.31 Å². The molecular formula is C23H34N4O2S. The van der Waals surface area contributed by atoms with Gasteiger partial charge in [0.05, 0.1) is 4.90 Å². The third kappa shape index (κ3) is 6.62. The Hall–Kier alpha value is -1.77. The molecule has 0 aromatic heterocycles. The smallest absolute Gasteiger partial charge is 0.243 e. The zero-order chi connectivity index (χ0) is 21.4. The Morgan fingerprint density at radius 1 is 0.733 bits per heavy atom. The lowest BCUT2D eigenvalue weighted by molar-refractivity contribution is 0.205. The Kier molecular flexibility index (Phi) is 8.41. The average molecular weight is 431 g/mol. The number of piperidine rings is 2. The molecule has 0 spiro atoms. The van der Waals surface area contributed by atoms with Crippen molar-refractivity contribution in [2.75, 3.05) is 26.2 Å². The molecule has 2 saturated heterocycles. The van der Waals surface area contributed by atoms with E-state index in [1.807, 2.05) is 6.07 Å². The van der Waals surface area contributed by atoms with Crippen LogP contribution in [0.2, 0.25) is 0 Å². The number of benzene rings is 2. The Balaban J connectivity index is 0.000000172. The van der Waals surface area contributed by atoms with Crippen LogP contribution in [0.15, 0.2) is 65.6 Å². The van der Waals surface area contributed by atoms with Crippen molar-refractivity contribution >= 4 is 10.0 Å². The molecule has 7 heteroatoms. The lowest BCUT2D eigenvalue weighted by Gasteiger charge is -2.29. The number of likely N-dealkylation sites (tertiary alicyclic amines) is 1. The Labute approximate surface area is 180 Å². The Morgan fingerprint density at radius 2 is 1.20 bits per heavy atom. The van der Waals surface area contributed by atoms with Crippen molar-refractivity contribution in [3.8, 4) is 0 Å². The molecule has 0 unspecified atom stereocenters. The summed E-state index contributed by atoms with van der Waals surface area (Å²) in [6, 6.07) is 19.8. The molecule has 4 rings (SSSR count). The number of hydrogen-bond acceptors (Lipinski definition) is 5. The molecular weight excluding hydrogens is 396 g/mol. The lowest BCUT2D eigenvalue weighted by Crippen LogP contribution is -2.42. The molecule has 0 aliphatic carbocycles. The summed E-state index contributed by atoms with van der Waals surface area (Å²) in [5, 5.41) is 0. The number of nitrogens with zero attached hydrogens (tertiary/aromatic N) is 2. The minimum atomic E-state index is -3.31. The summed E-state index contributed by atoms with van der Waals surface area (Å²) in [5.74, 6) is 0. The first-order chi connectivity index (χ1) is 14.4. The van der Waals surface area contributed by atoms with Gasteiger partial charge >= 0.3 is 0 Å². The van der Waals surface area contributed by atoms with Crippen molar-refractivity contribution < 1.29 is 8.42 Å². The summed E-state index contributed by atoms with van der Waals surface area (Å²) in [4.78, 5) is 2.85. The van der Waals surface area contributed by atoms with E-state index in [0.717, 1.165) is 45.3 Å². The Bertz CT molecular complexity index is 845. The van der Waals surface area contributed by atoms with Crippen LogP contribution in [0, 0.1) is 0 Å². The first-order valence-electron chi connectivity index (χ1n) is 10.8. The monoisotopic (exact) mass is 430 g/mol. The van der Waals surface area contributed by atoms with Gasteiger partial charge in [-0.05, 0) is 56.5 Å². The average Bonchev–Trinajstić information content (AvgIpc) is 2.77. The van der Waals surface area contributed by atoms with Crippen molar-refractivity contribution in [3.63, 3.8) is 0 Å². The first-order valence-corrected chi connectivity index (χ1v) is 12.2. The van der Waals surface area contributed by atoms with Gasteiger partial charge in [0.25, 0.3) is 0 Å². The first kappa shape index (κ1) is 22.9. The van der Waals surface area contributed by atoms with E-state index in [4.69, 9.17) is 11.5 Å². The fraction of sp³-hybridized carbons (Fsp3) is 0.478. The number of nitrogens with two attached hydrogens (primary N) is 2. The summed E-state index contributed by atoms with van der Waals surface area (Å²) in [6.07, 6.45) is 3.78. The molecule has 2 heterocycles. The normalized spacial score (nSPS) is 19.8. The van der Waals surface area contributed by atoms with E-state index in [-0.39, 0.29) is 6.04 Å². The zero-order valence-electron chi connectivity index (χ0n) is 17.6. The van der Waals surface area contributed by atoms with Crippen LogP contribution in [0.25, 0.3) is 0 Å². The van der Waals surface area contributed by atoms with Gasteiger partial charge in [0.15, 0.2) is 0 Å². The molecule has 2 aliphatic rings. The molecule has 2 aromatic rings. The molecule has 30 heavy (non-hydrogen) atoms. The quantitative estimate of drug-likeness (QED) is 0.777. The molecule has 6 nitrogen and oxygen atoms in total. The number of sulfonamides is 1. The Morgan fingerprint density at radius 3 is 1.73 bits per heavy atom. The molecule has 0 amide bonds. The predicted molar refractivity (Wildman–Crippen MR) is 121 cm³/mol. The van der Waals surface area contributed by atoms with Crippen LogP contribution in [0.1, 0.15) is 31.2 Å². The van der Waals surface area contributed by atoms with Crippen molar-refractivity contribution in [3.05, 3.63) is 66.2 Å². The summed E-state index contributed by atoms with van der Waals surface area (Å²) < 4.78 is 25.9. The molecule has 0 saturated carbocycles. The van der Waals surface area contributed by atoms with E-state index >= 15 is 0 Å². The van der Waals surface area contributed by atoms with Crippen molar-refractivity contribution in [1.82, 2.24) is 9.21 Å². The fourth-order valence-corrected chi connectivity index (χ4v) is 5.30. The van der Waals surface area contributed by atoms with Gasteiger partial charge in [0, 0.05) is 31.7 Å². The van der Waals surface area contributed by atoms with E-state index in [2.05, 4.69) is 35.2 Å². The van der Waals surface area contributed by atoms with Crippen LogP contribution >= 0.6 is 0 Å². The molecule has 2 aliphatic heterocycles. The van der Waals surface area contributed by atoms with Gasteiger partial charge < -0.3 is 11.5 Å². The standard InChI is InChI=1S/C12H18N2.C11H16N2O2S/c13-12-6-8-14(9-7-12)10-11-4-2-1-3-5-11;12-10-6-8-13(9-7-10)16(14,15)11-4-2-1-3-5-11/h1-5,12H,6-10,13H2;1-5,10H,6-9,12H2. The van der Waals surface area contributed by atoms with Gasteiger partial charge in [0.2, 0.25) is 10.0 Å². The summed E-state index contributed by atoms with van der Waals surface area (Å²) >= 11 is 0. The van der Waals surface area contributed by atoms with E-state index in [0.29, 0.717) is 24.0 Å². The van der Waals surface area contributed by atoms with Gasteiger partial charge in [-0.15, -0.1) is 0 Å². The van der Waals surface area contributed by atoms with Gasteiger partial charge in [-0.25, -0.2) is 8.42 Å². The van der Waals surface area contributed by atoms with E-state index in [1.165, 1.54) is 9.87 Å². The predicted octanol–water partition coefficient (Wildman–Crippen LogP) is 2.41. The van der Waals surface area contributed by atoms with Crippen molar-refractivity contribution in [2.45, 2.75) is 49.2 Å². The highest BCUT2D eigenvalue weighted by molar-refractivity contribution is 7.89. The summed E-state index contributed by atoms with van der Waals surface area (Å²) in [6.45, 7) is 4.43. The second-order valence-electron chi connectivity index (χ2n) is 8.15. The van der Waals surface area contributed by atoms with Crippen molar-refractivity contribution in [1.29, 1.82) is 0 Å². The van der Waals surface area contributed by atoms with Crippen molar-refractivity contribution in [2.24, 2.45) is 11.5 Å². The zero-order valence-corrected chi connectivity index (χ0v) is 18.4. The van der Waals surface area contributed by atoms with E-state index in [1.54, 1.807) is 24.3 Å². The minimum absolute atomic E-state index is 0.141. The van der Waals surface area contributed by atoms with Crippen LogP contribution in [0.3, 0.4) is 0 Å². The fourth-order valence-electron chi connectivity index (χ4n) is 3.81. The number of rotatable bonds is 4. The summed E-state index contributed by atoms with van der Waals surface area (Å²) in [5.41, 5.74) is 13.0. The van der Waals surface area contributed by atoms with Gasteiger partial charge in [0.1, 0.15) is 0 Å². The highest BCUT2D eigenvalue weighted by Gasteiger charge is 2.27. The van der Waals surface area contributed by atoms with Crippen LogP contribution in [-0.2, 0) is 16.6 Å². The molecule has 4 N–H and O–H groups in total. The SMILES string of the molecule is NC1CCN(Cc2ccccc2)CC1.NC1CCN(S(=O)(=O)c2ccccc2)CC1. The lowest BCUT2D eigenvalue weighted by atomic mass is 10.1. The largest absolute Gasteiger partial charge is 0.328 e. The highest BCUT2D eigenvalue weighted by atomic mass is 32.2. The topological polar surface area (TPSA) is 92.7 Å². The van der Waals surface area contributed by atoms with Crippen LogP contribution in [-0.4, -0.2) is 55.9 Å². The van der Waals surface area contributed by atoms with Gasteiger partial charge in [-0.3, -0.25) is 4.90 Å². The number of hydrogen-bond donors (Lipinski definition) is 2. The molecule has 0 atom stereocenters. The van der Waals surface area contributed by atoms with Crippen LogP contribution < -0.4 is 11.5 Å². The van der Waals surface area contributed by atoms with Crippen LogP contribution in [0.4, 0.5) is 0 Å². The second-order valence-corrected chi connectivity index (χ2v) is 10.1. The molecule has 164 valence electrons. The summed E-state index contributed by atoms with van der Waals surface area (Å²) in [7, 11) is -3.31. The molecule has 2 aromatic carbocycles. The van der Waals surface area contributed by atoms with E-state index in [9.17, 15) is 8.42 Å². The maximum absolute atomic E-state index is 12.2.